The van der Waals surface area contributed by atoms with Crippen LogP contribution in [0.15, 0.2) is 54.6 Å². The van der Waals surface area contributed by atoms with Crippen LogP contribution in [0.4, 0.5) is 0 Å². The van der Waals surface area contributed by atoms with E-state index in [9.17, 15) is 0 Å². The van der Waals surface area contributed by atoms with E-state index in [1.54, 1.807) is 7.11 Å². The van der Waals surface area contributed by atoms with E-state index in [0.29, 0.717) is 18.4 Å². The molecule has 0 radical (unpaired) electrons. The second-order valence-electron chi connectivity index (χ2n) is 5.38. The van der Waals surface area contributed by atoms with Crippen LogP contribution in [0.1, 0.15) is 23.5 Å². The maximum Gasteiger partial charge on any atom is 0.118 e. The van der Waals surface area contributed by atoms with Gasteiger partial charge in [-0.1, -0.05) is 42.5 Å². The lowest BCUT2D eigenvalue weighted by atomic mass is 10.1. The Morgan fingerprint density at radius 1 is 1.00 bits per heavy atom. The predicted octanol–water partition coefficient (Wildman–Crippen LogP) is 4.02. The number of ether oxygens (including phenoxy) is 2. The summed E-state index contributed by atoms with van der Waals surface area (Å²) in [4.78, 5) is 0. The molecule has 2 atom stereocenters. The van der Waals surface area contributed by atoms with Crippen molar-refractivity contribution in [3.63, 3.8) is 0 Å². The van der Waals surface area contributed by atoms with E-state index in [-0.39, 0.29) is 0 Å². The molecule has 20 heavy (non-hydrogen) atoms. The zero-order valence-corrected chi connectivity index (χ0v) is 11.8. The first kappa shape index (κ1) is 13.2. The van der Waals surface area contributed by atoms with Gasteiger partial charge in [0, 0.05) is 0 Å². The normalized spacial score (nSPS) is 20.6. The van der Waals surface area contributed by atoms with Crippen molar-refractivity contribution < 1.29 is 9.47 Å². The molecule has 0 heterocycles. The molecular formula is C18H20O2. The highest BCUT2D eigenvalue weighted by Gasteiger charge is 2.38. The summed E-state index contributed by atoms with van der Waals surface area (Å²) in [7, 11) is 1.70. The summed E-state index contributed by atoms with van der Waals surface area (Å²) in [6.45, 7) is 1.57. The summed E-state index contributed by atoms with van der Waals surface area (Å²) in [5, 5.41) is 0. The molecule has 2 aromatic rings. The van der Waals surface area contributed by atoms with Gasteiger partial charge in [0.25, 0.3) is 0 Å². The molecule has 0 amide bonds. The molecule has 1 aliphatic rings. The molecule has 2 nitrogen and oxygen atoms in total. The van der Waals surface area contributed by atoms with Crippen molar-refractivity contribution in [3.8, 4) is 5.75 Å². The zero-order valence-electron chi connectivity index (χ0n) is 11.8. The van der Waals surface area contributed by atoms with E-state index in [1.165, 1.54) is 17.5 Å². The maximum atomic E-state index is 5.82. The molecule has 1 fully saturated rings. The highest BCUT2D eigenvalue weighted by Crippen LogP contribution is 2.47. The second kappa shape index (κ2) is 6.10. The number of hydrogen-bond acceptors (Lipinski definition) is 2. The van der Waals surface area contributed by atoms with Crippen LogP contribution < -0.4 is 4.74 Å². The van der Waals surface area contributed by atoms with Crippen LogP contribution >= 0.6 is 0 Å². The molecule has 0 aromatic heterocycles. The minimum Gasteiger partial charge on any atom is -0.497 e. The molecule has 0 N–H and O–H groups in total. The molecule has 0 saturated heterocycles. The fraction of sp³-hybridized carbons (Fsp3) is 0.333. The first-order chi connectivity index (χ1) is 9.86. The molecule has 0 unspecified atom stereocenters. The average Bonchev–Trinajstić information content (AvgIpc) is 3.28. The zero-order chi connectivity index (χ0) is 13.8. The fourth-order valence-corrected chi connectivity index (χ4v) is 2.59. The van der Waals surface area contributed by atoms with E-state index < -0.39 is 0 Å². The van der Waals surface area contributed by atoms with Crippen LogP contribution in [0.2, 0.25) is 0 Å². The Hall–Kier alpha value is -1.80. The van der Waals surface area contributed by atoms with E-state index in [2.05, 4.69) is 36.4 Å². The summed E-state index contributed by atoms with van der Waals surface area (Å²) in [5.41, 5.74) is 2.65. The first-order valence-corrected chi connectivity index (χ1v) is 7.12. The summed E-state index contributed by atoms with van der Waals surface area (Å²) in [5.74, 6) is 2.26. The third-order valence-electron chi connectivity index (χ3n) is 3.91. The molecule has 2 aromatic carbocycles. The minimum atomic E-state index is 0.664. The van der Waals surface area contributed by atoms with Crippen molar-refractivity contribution in [1.82, 2.24) is 0 Å². The quantitative estimate of drug-likeness (QED) is 0.788. The minimum absolute atomic E-state index is 0.664. The molecule has 104 valence electrons. The van der Waals surface area contributed by atoms with Gasteiger partial charge >= 0.3 is 0 Å². The van der Waals surface area contributed by atoms with Crippen molar-refractivity contribution in [2.45, 2.75) is 18.9 Å². The molecule has 0 bridgehead atoms. The molecule has 2 heteroatoms. The van der Waals surface area contributed by atoms with Crippen molar-refractivity contribution in [1.29, 1.82) is 0 Å². The molecule has 0 spiro atoms. The summed E-state index contributed by atoms with van der Waals surface area (Å²) in [6.07, 6.45) is 1.24. The largest absolute Gasteiger partial charge is 0.497 e. The Morgan fingerprint density at radius 3 is 2.45 bits per heavy atom. The lowest BCUT2D eigenvalue weighted by Gasteiger charge is -2.05. The van der Waals surface area contributed by atoms with E-state index >= 15 is 0 Å². The van der Waals surface area contributed by atoms with Crippen LogP contribution in [-0.2, 0) is 11.3 Å². The van der Waals surface area contributed by atoms with Crippen LogP contribution in [0.3, 0.4) is 0 Å². The number of benzene rings is 2. The van der Waals surface area contributed by atoms with Gasteiger partial charge in [-0.25, -0.2) is 0 Å². The van der Waals surface area contributed by atoms with Crippen LogP contribution in [0, 0.1) is 5.92 Å². The Kier molecular flexibility index (Phi) is 4.03. The molecular weight excluding hydrogens is 248 g/mol. The standard InChI is InChI=1S/C18H20O2/c1-19-17-9-7-15(8-10-17)18-11-16(18)13-20-12-14-5-3-2-4-6-14/h2-10,16,18H,11-13H2,1H3/t16-,18-/m0/s1. The average molecular weight is 268 g/mol. The third-order valence-corrected chi connectivity index (χ3v) is 3.91. The SMILES string of the molecule is COc1ccc([C@@H]2C[C@H]2COCc2ccccc2)cc1. The van der Waals surface area contributed by atoms with Gasteiger partial charge in [0.1, 0.15) is 5.75 Å². The van der Waals surface area contributed by atoms with E-state index in [1.807, 2.05) is 18.2 Å². The van der Waals surface area contributed by atoms with Crippen LogP contribution in [-0.4, -0.2) is 13.7 Å². The summed E-state index contributed by atoms with van der Waals surface area (Å²) >= 11 is 0. The number of methoxy groups -OCH3 is 1. The maximum absolute atomic E-state index is 5.82. The van der Waals surface area contributed by atoms with Crippen molar-refractivity contribution in [2.24, 2.45) is 5.92 Å². The smallest absolute Gasteiger partial charge is 0.118 e. The van der Waals surface area contributed by atoms with Gasteiger partial charge in [0.15, 0.2) is 0 Å². The lowest BCUT2D eigenvalue weighted by molar-refractivity contribution is 0.110. The summed E-state index contributed by atoms with van der Waals surface area (Å²) < 4.78 is 11.0. The van der Waals surface area contributed by atoms with Gasteiger partial charge in [0.05, 0.1) is 20.3 Å². The van der Waals surface area contributed by atoms with Gasteiger partial charge < -0.3 is 9.47 Å². The summed E-state index contributed by atoms with van der Waals surface area (Å²) in [6, 6.07) is 18.8. The van der Waals surface area contributed by atoms with Gasteiger partial charge in [-0.3, -0.25) is 0 Å². The fourth-order valence-electron chi connectivity index (χ4n) is 2.59. The monoisotopic (exact) mass is 268 g/mol. The highest BCUT2D eigenvalue weighted by molar-refractivity contribution is 5.32. The van der Waals surface area contributed by atoms with E-state index in [0.717, 1.165) is 12.4 Å². The predicted molar refractivity (Wildman–Crippen MR) is 79.9 cm³/mol. The van der Waals surface area contributed by atoms with Gasteiger partial charge in [-0.05, 0) is 41.5 Å². The van der Waals surface area contributed by atoms with Crippen LogP contribution in [0.25, 0.3) is 0 Å². The molecule has 1 aliphatic carbocycles. The second-order valence-corrected chi connectivity index (χ2v) is 5.38. The topological polar surface area (TPSA) is 18.5 Å². The van der Waals surface area contributed by atoms with Crippen LogP contribution in [0.5, 0.6) is 5.75 Å². The first-order valence-electron chi connectivity index (χ1n) is 7.12. The van der Waals surface area contributed by atoms with Crippen molar-refractivity contribution in [3.05, 3.63) is 65.7 Å². The molecule has 0 aliphatic heterocycles. The van der Waals surface area contributed by atoms with E-state index in [4.69, 9.17) is 9.47 Å². The Balaban J connectivity index is 1.45. The van der Waals surface area contributed by atoms with Gasteiger partial charge in [-0.15, -0.1) is 0 Å². The van der Waals surface area contributed by atoms with Crippen molar-refractivity contribution in [2.75, 3.05) is 13.7 Å². The Bertz CT molecular complexity index is 533. The number of hydrogen-bond donors (Lipinski definition) is 0. The Labute approximate surface area is 120 Å². The van der Waals surface area contributed by atoms with Gasteiger partial charge in [0.2, 0.25) is 0 Å². The third kappa shape index (κ3) is 3.20. The number of rotatable bonds is 6. The Morgan fingerprint density at radius 2 is 1.75 bits per heavy atom. The highest BCUT2D eigenvalue weighted by atomic mass is 16.5. The van der Waals surface area contributed by atoms with Gasteiger partial charge in [-0.2, -0.15) is 0 Å². The lowest BCUT2D eigenvalue weighted by Crippen LogP contribution is -1.98. The molecule has 1 saturated carbocycles. The molecule has 3 rings (SSSR count). The van der Waals surface area contributed by atoms with Crippen molar-refractivity contribution >= 4 is 0 Å².